The maximum absolute atomic E-state index is 6.07. The summed E-state index contributed by atoms with van der Waals surface area (Å²) in [4.78, 5) is 1.85. The van der Waals surface area contributed by atoms with Gasteiger partial charge in [0.05, 0.1) is 22.8 Å². The summed E-state index contributed by atoms with van der Waals surface area (Å²) in [6, 6.07) is 3.44. The molecule has 0 atom stereocenters. The predicted octanol–water partition coefficient (Wildman–Crippen LogP) is 3.04. The van der Waals surface area contributed by atoms with Gasteiger partial charge in [0, 0.05) is 20.2 Å². The van der Waals surface area contributed by atoms with E-state index in [1.165, 1.54) is 0 Å². The second kappa shape index (κ2) is 5.45. The number of hydrogen-bond donors (Lipinski definition) is 0. The fourth-order valence-corrected chi connectivity index (χ4v) is 1.76. The average Bonchev–Trinajstić information content (AvgIpc) is 2.21. The van der Waals surface area contributed by atoms with Crippen molar-refractivity contribution in [3.8, 4) is 5.75 Å². The highest BCUT2D eigenvalue weighted by atomic mass is 35.5. The van der Waals surface area contributed by atoms with Crippen LogP contribution in [-0.2, 0) is 4.74 Å². The number of anilines is 1. The van der Waals surface area contributed by atoms with Crippen molar-refractivity contribution in [1.82, 2.24) is 0 Å². The first-order chi connectivity index (χ1) is 7.10. The maximum atomic E-state index is 6.07. The largest absolute Gasteiger partial charge is 0.495 e. The number of rotatable bonds is 4. The van der Waals surface area contributed by atoms with Gasteiger partial charge in [0.2, 0.25) is 0 Å². The van der Waals surface area contributed by atoms with Crippen LogP contribution in [0, 0.1) is 0 Å². The Hall–Kier alpha value is -0.640. The van der Waals surface area contributed by atoms with Crippen molar-refractivity contribution >= 4 is 28.9 Å². The summed E-state index contributed by atoms with van der Waals surface area (Å²) >= 11 is 12.1. The van der Waals surface area contributed by atoms with Crippen LogP contribution in [0.15, 0.2) is 12.1 Å². The van der Waals surface area contributed by atoms with E-state index >= 15 is 0 Å². The zero-order valence-corrected chi connectivity index (χ0v) is 10.4. The van der Waals surface area contributed by atoms with Crippen LogP contribution in [0.1, 0.15) is 0 Å². The lowest BCUT2D eigenvalue weighted by Crippen LogP contribution is -2.20. The topological polar surface area (TPSA) is 21.7 Å². The third-order valence-corrected chi connectivity index (χ3v) is 2.55. The third-order valence-electron chi connectivity index (χ3n) is 1.96. The second-order valence-corrected chi connectivity index (χ2v) is 3.87. The van der Waals surface area contributed by atoms with Crippen LogP contribution in [0.2, 0.25) is 10.0 Å². The molecule has 3 nitrogen and oxygen atoms in total. The Bertz CT molecular complexity index is 344. The molecular weight excluding hydrogens is 237 g/mol. The summed E-state index contributed by atoms with van der Waals surface area (Å²) in [7, 11) is 5.04. The minimum atomic E-state index is 0.447. The number of ether oxygens (including phenoxy) is 2. The highest BCUT2D eigenvalue weighted by Crippen LogP contribution is 2.35. The predicted molar refractivity (Wildman–Crippen MR) is 63.3 cm³/mol. The van der Waals surface area contributed by atoms with E-state index < -0.39 is 0 Å². The molecule has 1 rings (SSSR count). The van der Waals surface area contributed by atoms with Crippen molar-refractivity contribution in [2.45, 2.75) is 0 Å². The van der Waals surface area contributed by atoms with Gasteiger partial charge in [0.1, 0.15) is 12.5 Å². The van der Waals surface area contributed by atoms with E-state index in [4.69, 9.17) is 32.7 Å². The molecule has 0 aliphatic rings. The lowest BCUT2D eigenvalue weighted by atomic mass is 10.3. The van der Waals surface area contributed by atoms with Crippen LogP contribution < -0.4 is 9.64 Å². The SMILES string of the molecule is COCN(C)c1cc(Cl)c(OC)cc1Cl. The molecule has 0 fully saturated rings. The number of hydrogen-bond acceptors (Lipinski definition) is 3. The molecule has 1 aromatic rings. The molecule has 84 valence electrons. The molecule has 0 aliphatic carbocycles. The molecule has 0 saturated carbocycles. The summed E-state index contributed by atoms with van der Waals surface area (Å²) in [6.07, 6.45) is 0. The van der Waals surface area contributed by atoms with E-state index in [-0.39, 0.29) is 0 Å². The van der Waals surface area contributed by atoms with E-state index in [1.54, 1.807) is 26.4 Å². The molecule has 0 aromatic heterocycles. The normalized spacial score (nSPS) is 10.2. The Labute approximate surface area is 99.5 Å². The highest BCUT2D eigenvalue weighted by Gasteiger charge is 2.10. The Morgan fingerprint density at radius 3 is 2.40 bits per heavy atom. The summed E-state index contributed by atoms with van der Waals surface area (Å²) in [5.41, 5.74) is 0.810. The van der Waals surface area contributed by atoms with Crippen molar-refractivity contribution in [2.75, 3.05) is 32.9 Å². The van der Waals surface area contributed by atoms with Crippen molar-refractivity contribution in [3.63, 3.8) is 0 Å². The van der Waals surface area contributed by atoms with Crippen molar-refractivity contribution in [1.29, 1.82) is 0 Å². The second-order valence-electron chi connectivity index (χ2n) is 3.05. The van der Waals surface area contributed by atoms with Crippen LogP contribution in [0.4, 0.5) is 5.69 Å². The van der Waals surface area contributed by atoms with Gasteiger partial charge >= 0.3 is 0 Å². The van der Waals surface area contributed by atoms with Gasteiger partial charge in [0.25, 0.3) is 0 Å². The number of methoxy groups -OCH3 is 2. The highest BCUT2D eigenvalue weighted by molar-refractivity contribution is 6.36. The number of nitrogens with zero attached hydrogens (tertiary/aromatic N) is 1. The quantitative estimate of drug-likeness (QED) is 0.766. The first-order valence-corrected chi connectivity index (χ1v) is 5.08. The zero-order valence-electron chi connectivity index (χ0n) is 8.88. The fourth-order valence-electron chi connectivity index (χ4n) is 1.23. The molecule has 5 heteroatoms. The molecule has 0 unspecified atom stereocenters. The Kier molecular flexibility index (Phi) is 4.51. The van der Waals surface area contributed by atoms with Gasteiger partial charge in [-0.1, -0.05) is 23.2 Å². The average molecular weight is 250 g/mol. The van der Waals surface area contributed by atoms with Gasteiger partial charge in [-0.3, -0.25) is 0 Å². The summed E-state index contributed by atoms with van der Waals surface area (Å²) in [6.45, 7) is 0.447. The lowest BCUT2D eigenvalue weighted by molar-refractivity contribution is 0.202. The van der Waals surface area contributed by atoms with Crippen molar-refractivity contribution in [2.24, 2.45) is 0 Å². The van der Waals surface area contributed by atoms with Crippen LogP contribution in [0.5, 0.6) is 5.75 Å². The first-order valence-electron chi connectivity index (χ1n) is 4.33. The molecule has 15 heavy (non-hydrogen) atoms. The molecule has 0 aliphatic heterocycles. The molecule has 0 N–H and O–H groups in total. The Balaban J connectivity index is 3.04. The molecular formula is C10H13Cl2NO2. The van der Waals surface area contributed by atoms with Gasteiger partial charge in [-0.25, -0.2) is 0 Å². The van der Waals surface area contributed by atoms with Crippen LogP contribution >= 0.6 is 23.2 Å². The number of benzene rings is 1. The third kappa shape index (κ3) is 2.91. The first kappa shape index (κ1) is 12.4. The molecule has 0 heterocycles. The van der Waals surface area contributed by atoms with E-state index in [9.17, 15) is 0 Å². The smallest absolute Gasteiger partial charge is 0.139 e. The molecule has 0 radical (unpaired) electrons. The minimum absolute atomic E-state index is 0.447. The summed E-state index contributed by atoms with van der Waals surface area (Å²) in [5, 5.41) is 1.11. The van der Waals surface area contributed by atoms with Gasteiger partial charge < -0.3 is 14.4 Å². The van der Waals surface area contributed by atoms with Gasteiger partial charge in [-0.15, -0.1) is 0 Å². The molecule has 0 spiro atoms. The maximum Gasteiger partial charge on any atom is 0.139 e. The van der Waals surface area contributed by atoms with Gasteiger partial charge in [-0.2, -0.15) is 0 Å². The van der Waals surface area contributed by atoms with Crippen LogP contribution in [0.3, 0.4) is 0 Å². The number of halogens is 2. The molecule has 0 saturated heterocycles. The summed E-state index contributed by atoms with van der Waals surface area (Å²) in [5.74, 6) is 0.566. The molecule has 0 bridgehead atoms. The molecule has 1 aromatic carbocycles. The summed E-state index contributed by atoms with van der Waals surface area (Å²) < 4.78 is 10.1. The van der Waals surface area contributed by atoms with Gasteiger partial charge in [-0.05, 0) is 6.07 Å². The van der Waals surface area contributed by atoms with Crippen molar-refractivity contribution in [3.05, 3.63) is 22.2 Å². The van der Waals surface area contributed by atoms with E-state index in [2.05, 4.69) is 0 Å². The van der Waals surface area contributed by atoms with Crippen LogP contribution in [-0.4, -0.2) is 28.0 Å². The lowest BCUT2D eigenvalue weighted by Gasteiger charge is -2.20. The standard InChI is InChI=1S/C10H13Cl2NO2/c1-13(6-14-2)9-4-8(12)10(15-3)5-7(9)11/h4-5H,6H2,1-3H3. The van der Waals surface area contributed by atoms with Crippen LogP contribution in [0.25, 0.3) is 0 Å². The Morgan fingerprint density at radius 1 is 1.20 bits per heavy atom. The Morgan fingerprint density at radius 2 is 1.87 bits per heavy atom. The van der Waals surface area contributed by atoms with E-state index in [1.807, 2.05) is 11.9 Å². The van der Waals surface area contributed by atoms with E-state index in [0.29, 0.717) is 22.5 Å². The van der Waals surface area contributed by atoms with Gasteiger partial charge in [0.15, 0.2) is 0 Å². The molecule has 0 amide bonds. The van der Waals surface area contributed by atoms with E-state index in [0.717, 1.165) is 5.69 Å². The monoisotopic (exact) mass is 249 g/mol. The fraction of sp³-hybridized carbons (Fsp3) is 0.400. The minimum Gasteiger partial charge on any atom is -0.495 e. The van der Waals surface area contributed by atoms with Crippen molar-refractivity contribution < 1.29 is 9.47 Å². The zero-order chi connectivity index (χ0) is 11.4.